The first-order valence-electron chi connectivity index (χ1n) is 17.4. The molecule has 10 heteroatoms. The standard InChI is InChI=1S/C41H38ClN3O6/c1-23-5-4-6-29-33(46)14-32-37(36(23)29)26(15-42)18-45(32)39(48)41-19-40(20-41,21-41)22-51-35-13-31-30(12-34(35)50-3)38(47)44-17-25(11-27(44)16-43-31)24-7-9-28(49-2)10-8-24/h4-10,12-14,16-17,26-27,46H,11,15,18-22H2,1-3H3/t26-,27+,40?,41?/m1/s1. The van der Waals surface area contributed by atoms with Gasteiger partial charge in [-0.15, -0.1) is 11.6 Å². The number of phenolic OH excluding ortho intramolecular Hbond substituents is 1. The molecule has 2 bridgehead atoms. The van der Waals surface area contributed by atoms with Crippen molar-refractivity contribution >= 4 is 57.4 Å². The van der Waals surface area contributed by atoms with Crippen LogP contribution in [0.15, 0.2) is 71.9 Å². The first kappa shape index (κ1) is 31.9. The number of methoxy groups -OCH3 is 2. The number of ether oxygens (including phenoxy) is 3. The lowest BCUT2D eigenvalue weighted by Gasteiger charge is -2.69. The van der Waals surface area contributed by atoms with Gasteiger partial charge >= 0.3 is 0 Å². The molecule has 10 rings (SSSR count). The fourth-order valence-electron chi connectivity index (χ4n) is 9.29. The van der Waals surface area contributed by atoms with E-state index in [0.717, 1.165) is 63.7 Å². The van der Waals surface area contributed by atoms with Crippen LogP contribution in [0.5, 0.6) is 23.0 Å². The second-order valence-corrected chi connectivity index (χ2v) is 15.2. The molecular formula is C41H38ClN3O6. The highest BCUT2D eigenvalue weighted by atomic mass is 35.5. The van der Waals surface area contributed by atoms with E-state index in [-0.39, 0.29) is 34.9 Å². The summed E-state index contributed by atoms with van der Waals surface area (Å²) in [4.78, 5) is 36.3. The van der Waals surface area contributed by atoms with Gasteiger partial charge in [0.2, 0.25) is 5.91 Å². The van der Waals surface area contributed by atoms with Gasteiger partial charge in [0.05, 0.1) is 49.2 Å². The van der Waals surface area contributed by atoms with Crippen LogP contribution >= 0.6 is 11.6 Å². The van der Waals surface area contributed by atoms with Crippen LogP contribution in [0.3, 0.4) is 0 Å². The molecule has 0 radical (unpaired) electrons. The van der Waals surface area contributed by atoms with Crippen molar-refractivity contribution < 1.29 is 28.9 Å². The quantitative estimate of drug-likeness (QED) is 0.188. The van der Waals surface area contributed by atoms with Crippen molar-refractivity contribution in [2.24, 2.45) is 15.8 Å². The molecular weight excluding hydrogens is 666 g/mol. The van der Waals surface area contributed by atoms with Crippen LogP contribution in [0.25, 0.3) is 16.3 Å². The summed E-state index contributed by atoms with van der Waals surface area (Å²) < 4.78 is 17.4. The minimum Gasteiger partial charge on any atom is -0.507 e. The summed E-state index contributed by atoms with van der Waals surface area (Å²) in [6.07, 6.45) is 6.61. The molecule has 3 saturated carbocycles. The Morgan fingerprint density at radius 3 is 2.55 bits per heavy atom. The molecule has 4 aromatic rings. The van der Waals surface area contributed by atoms with E-state index in [0.29, 0.717) is 48.2 Å². The Morgan fingerprint density at radius 2 is 1.82 bits per heavy atom. The third-order valence-electron chi connectivity index (χ3n) is 11.7. The SMILES string of the molecule is COc1ccc(C2=CN3C(=O)c4cc(OC)c(OCC56CC(C(=O)N7C[C@@H](CCl)c8c7cc(O)c7cccc(C)c87)(C5)C6)cc4N=C[C@@H]3C2)cc1. The average Bonchev–Trinajstić information content (AvgIpc) is 3.68. The Morgan fingerprint density at radius 1 is 1.04 bits per heavy atom. The van der Waals surface area contributed by atoms with Crippen molar-refractivity contribution in [2.75, 3.05) is 38.2 Å². The number of aryl methyl sites for hydroxylation is 1. The highest BCUT2D eigenvalue weighted by Gasteiger charge is 2.72. The largest absolute Gasteiger partial charge is 0.507 e. The van der Waals surface area contributed by atoms with Crippen molar-refractivity contribution in [3.05, 3.63) is 89.1 Å². The van der Waals surface area contributed by atoms with Crippen LogP contribution in [0.1, 0.15) is 58.6 Å². The summed E-state index contributed by atoms with van der Waals surface area (Å²) in [5.74, 6) is 2.31. The molecule has 3 aliphatic carbocycles. The molecule has 2 atom stereocenters. The first-order valence-corrected chi connectivity index (χ1v) is 17.9. The maximum Gasteiger partial charge on any atom is 0.260 e. The molecule has 3 heterocycles. The van der Waals surface area contributed by atoms with Gasteiger partial charge in [-0.2, -0.15) is 0 Å². The van der Waals surface area contributed by atoms with Crippen LogP contribution in [-0.4, -0.2) is 67.3 Å². The number of halogens is 1. The van der Waals surface area contributed by atoms with Crippen molar-refractivity contribution in [2.45, 2.75) is 44.6 Å². The van der Waals surface area contributed by atoms with Gasteiger partial charge in [0.25, 0.3) is 5.91 Å². The normalized spacial score (nSPS) is 25.3. The predicted octanol–water partition coefficient (Wildman–Crippen LogP) is 7.76. The van der Waals surface area contributed by atoms with E-state index in [9.17, 15) is 14.7 Å². The van der Waals surface area contributed by atoms with E-state index >= 15 is 0 Å². The van der Waals surface area contributed by atoms with Gasteiger partial charge in [0.15, 0.2) is 11.5 Å². The van der Waals surface area contributed by atoms with Gasteiger partial charge in [0.1, 0.15) is 11.5 Å². The van der Waals surface area contributed by atoms with Crippen LogP contribution in [0.2, 0.25) is 0 Å². The first-order chi connectivity index (χ1) is 24.7. The number of carbonyl (C=O) groups is 2. The third kappa shape index (κ3) is 4.77. The van der Waals surface area contributed by atoms with Crippen LogP contribution in [-0.2, 0) is 4.79 Å². The Balaban J connectivity index is 0.902. The van der Waals surface area contributed by atoms with Gasteiger partial charge in [-0.1, -0.05) is 30.3 Å². The smallest absolute Gasteiger partial charge is 0.260 e. The number of aliphatic imine (C=N–C) groups is 1. The molecule has 3 fully saturated rings. The molecule has 0 spiro atoms. The summed E-state index contributed by atoms with van der Waals surface area (Å²) in [6.45, 7) is 2.98. The van der Waals surface area contributed by atoms with E-state index in [1.807, 2.05) is 66.7 Å². The maximum absolute atomic E-state index is 14.2. The fourth-order valence-corrected chi connectivity index (χ4v) is 9.54. The molecule has 4 aromatic carbocycles. The number of alkyl halides is 1. The average molecular weight is 704 g/mol. The Hall–Kier alpha value is -5.02. The van der Waals surface area contributed by atoms with Crippen molar-refractivity contribution in [3.8, 4) is 23.0 Å². The zero-order chi connectivity index (χ0) is 35.2. The van der Waals surface area contributed by atoms with Gasteiger partial charge < -0.3 is 29.1 Å². The van der Waals surface area contributed by atoms with Crippen molar-refractivity contribution in [1.29, 1.82) is 0 Å². The molecule has 9 nitrogen and oxygen atoms in total. The van der Waals surface area contributed by atoms with E-state index < -0.39 is 5.41 Å². The molecule has 51 heavy (non-hydrogen) atoms. The highest BCUT2D eigenvalue weighted by Crippen LogP contribution is 2.74. The van der Waals surface area contributed by atoms with Gasteiger partial charge in [-0.25, -0.2) is 0 Å². The van der Waals surface area contributed by atoms with Gasteiger partial charge in [-0.3, -0.25) is 14.6 Å². The van der Waals surface area contributed by atoms with E-state index in [4.69, 9.17) is 30.8 Å². The summed E-state index contributed by atoms with van der Waals surface area (Å²) in [6, 6.07) is 18.8. The molecule has 260 valence electrons. The lowest BCUT2D eigenvalue weighted by molar-refractivity contribution is -0.215. The number of benzene rings is 4. The van der Waals surface area contributed by atoms with E-state index in [2.05, 4.69) is 0 Å². The van der Waals surface area contributed by atoms with Gasteiger partial charge in [0, 0.05) is 60.1 Å². The van der Waals surface area contributed by atoms with Gasteiger partial charge in [-0.05, 0) is 72.0 Å². The molecule has 3 aliphatic heterocycles. The molecule has 0 aromatic heterocycles. The molecule has 0 saturated heterocycles. The zero-order valence-corrected chi connectivity index (χ0v) is 29.5. The summed E-state index contributed by atoms with van der Waals surface area (Å²) in [7, 11) is 3.21. The second kappa shape index (κ2) is 11.5. The monoisotopic (exact) mass is 703 g/mol. The van der Waals surface area contributed by atoms with Crippen LogP contribution in [0, 0.1) is 17.8 Å². The second-order valence-electron chi connectivity index (χ2n) is 14.9. The van der Waals surface area contributed by atoms with E-state index in [1.165, 1.54) is 0 Å². The Bertz CT molecular complexity index is 2190. The van der Waals surface area contributed by atoms with Crippen LogP contribution < -0.4 is 19.1 Å². The predicted molar refractivity (Wildman–Crippen MR) is 197 cm³/mol. The van der Waals surface area contributed by atoms with Crippen molar-refractivity contribution in [3.63, 3.8) is 0 Å². The topological polar surface area (TPSA) is 101 Å². The summed E-state index contributed by atoms with van der Waals surface area (Å²) >= 11 is 6.48. The minimum atomic E-state index is -0.433. The summed E-state index contributed by atoms with van der Waals surface area (Å²) in [5, 5.41) is 12.7. The Labute approximate surface area is 301 Å². The molecule has 1 N–H and O–H groups in total. The number of anilines is 1. The number of phenols is 1. The fraction of sp³-hybridized carbons (Fsp3) is 0.341. The molecule has 6 aliphatic rings. The van der Waals surface area contributed by atoms with Crippen molar-refractivity contribution in [1.82, 2.24) is 4.90 Å². The number of nitrogens with zero attached hydrogens (tertiary/aromatic N) is 3. The number of fused-ring (bicyclic) bond motifs is 5. The number of amides is 2. The minimum absolute atomic E-state index is 0.00222. The zero-order valence-electron chi connectivity index (χ0n) is 28.7. The number of hydrogen-bond donors (Lipinski definition) is 1. The lowest BCUT2D eigenvalue weighted by Crippen LogP contribution is -2.70. The number of hydrogen-bond acceptors (Lipinski definition) is 7. The summed E-state index contributed by atoms with van der Waals surface area (Å²) in [5.41, 5.74) is 5.45. The molecule has 2 amide bonds. The lowest BCUT2D eigenvalue weighted by atomic mass is 9.35. The highest BCUT2D eigenvalue weighted by molar-refractivity contribution is 6.19. The number of aromatic hydroxyl groups is 1. The number of carbonyl (C=O) groups excluding carboxylic acids is 2. The molecule has 0 unspecified atom stereocenters. The van der Waals surface area contributed by atoms with E-state index in [1.54, 1.807) is 37.3 Å². The Kier molecular flexibility index (Phi) is 7.20. The third-order valence-corrected chi connectivity index (χ3v) is 12.1. The van der Waals surface area contributed by atoms with Crippen LogP contribution in [0.4, 0.5) is 11.4 Å². The maximum atomic E-state index is 14.2. The number of rotatable bonds is 8.